The Morgan fingerprint density at radius 2 is 2.12 bits per heavy atom. The maximum absolute atomic E-state index is 13.7. The van der Waals surface area contributed by atoms with Crippen molar-refractivity contribution in [2.75, 3.05) is 0 Å². The van der Waals surface area contributed by atoms with E-state index in [0.29, 0.717) is 11.0 Å². The Kier molecular flexibility index (Phi) is 2.07. The minimum absolute atomic E-state index is 0.0824. The van der Waals surface area contributed by atoms with Gasteiger partial charge in [0, 0.05) is 5.56 Å². The van der Waals surface area contributed by atoms with Crippen molar-refractivity contribution >= 4 is 11.0 Å². The maximum atomic E-state index is 13.7. The molecule has 2 aromatic heterocycles. The summed E-state index contributed by atoms with van der Waals surface area (Å²) in [6.07, 6.45) is 3.08. The zero-order chi connectivity index (χ0) is 11.8. The second-order valence-electron chi connectivity index (χ2n) is 3.52. The van der Waals surface area contributed by atoms with Crippen LogP contribution in [0.2, 0.25) is 0 Å². The molecule has 0 radical (unpaired) electrons. The summed E-state index contributed by atoms with van der Waals surface area (Å²) in [4.78, 5) is 5.78. The van der Waals surface area contributed by atoms with Gasteiger partial charge in [0.25, 0.3) is 0 Å². The lowest BCUT2D eigenvalue weighted by molar-refractivity contribution is -0.344. The van der Waals surface area contributed by atoms with Crippen LogP contribution in [-0.4, -0.2) is 15.2 Å². The van der Waals surface area contributed by atoms with E-state index in [9.17, 15) is 8.78 Å². The van der Waals surface area contributed by atoms with Gasteiger partial charge in [0.15, 0.2) is 17.2 Å². The van der Waals surface area contributed by atoms with E-state index in [1.807, 2.05) is 0 Å². The maximum Gasteiger partial charge on any atom is 0.240 e. The van der Waals surface area contributed by atoms with Crippen molar-refractivity contribution in [2.24, 2.45) is 0 Å². The van der Waals surface area contributed by atoms with Crippen LogP contribution in [0.4, 0.5) is 8.78 Å². The largest absolute Gasteiger partial charge is 0.242 e. The van der Waals surface area contributed by atoms with Gasteiger partial charge in [-0.2, -0.15) is 5.10 Å². The molecule has 6 heteroatoms. The Morgan fingerprint density at radius 1 is 1.24 bits per heavy atom. The summed E-state index contributed by atoms with van der Waals surface area (Å²) >= 11 is 0. The van der Waals surface area contributed by atoms with E-state index in [1.165, 1.54) is 18.3 Å². The summed E-state index contributed by atoms with van der Waals surface area (Å²) < 4.78 is 26.8. The van der Waals surface area contributed by atoms with Crippen molar-refractivity contribution in [1.29, 1.82) is 0 Å². The lowest BCUT2D eigenvalue weighted by atomic mass is 10.1. The van der Waals surface area contributed by atoms with E-state index >= 15 is 0 Å². The number of rotatable bonds is 1. The van der Waals surface area contributed by atoms with Gasteiger partial charge >= 0.3 is 0 Å². The van der Waals surface area contributed by atoms with Crippen LogP contribution < -0.4 is 4.98 Å². The zero-order valence-corrected chi connectivity index (χ0v) is 8.54. The lowest BCUT2D eigenvalue weighted by Gasteiger charge is -2.01. The molecule has 0 fully saturated rings. The molecule has 0 saturated carbocycles. The number of hydrogen-bond donors (Lipinski definition) is 1. The first-order valence-corrected chi connectivity index (χ1v) is 4.92. The van der Waals surface area contributed by atoms with Crippen LogP contribution in [0.15, 0.2) is 30.7 Å². The molecule has 2 N–H and O–H groups in total. The molecule has 84 valence electrons. The average Bonchev–Trinajstić information content (AvgIpc) is 2.81. The normalized spacial score (nSPS) is 10.9. The predicted molar refractivity (Wildman–Crippen MR) is 55.8 cm³/mol. The molecule has 0 bridgehead atoms. The summed E-state index contributed by atoms with van der Waals surface area (Å²) in [5, 5.41) is 7.59. The summed E-state index contributed by atoms with van der Waals surface area (Å²) in [7, 11) is 0. The summed E-state index contributed by atoms with van der Waals surface area (Å²) in [5.41, 5.74) is 1.63. The molecule has 4 nitrogen and oxygen atoms in total. The molecule has 0 unspecified atom stereocenters. The van der Waals surface area contributed by atoms with E-state index < -0.39 is 11.6 Å². The standard InChI is InChI=1S/C11H6F2N4/c12-7-3-1-2-6(9(7)13)10-11-8(4-16-17-10)14-5-15-11/h1-5H,(H,14,15)/p+1. The first-order valence-electron chi connectivity index (χ1n) is 4.92. The topological polar surface area (TPSA) is 55.7 Å². The van der Waals surface area contributed by atoms with E-state index in [2.05, 4.69) is 20.2 Å². The number of aromatic nitrogens is 4. The van der Waals surface area contributed by atoms with Crippen LogP contribution >= 0.6 is 0 Å². The molecule has 0 aliphatic rings. The fourth-order valence-electron chi connectivity index (χ4n) is 1.70. The zero-order valence-electron chi connectivity index (χ0n) is 8.54. The number of hydrogen-bond acceptors (Lipinski definition) is 2. The second-order valence-corrected chi connectivity index (χ2v) is 3.52. The molecular formula is C11H7F2N4+. The SMILES string of the molecule is Fc1cccc(-c2nncc3[nH]c[nH+]c23)c1F. The van der Waals surface area contributed by atoms with E-state index in [4.69, 9.17) is 0 Å². The molecule has 0 saturated heterocycles. The van der Waals surface area contributed by atoms with Crippen molar-refractivity contribution in [3.63, 3.8) is 0 Å². The van der Waals surface area contributed by atoms with Crippen molar-refractivity contribution < 1.29 is 13.8 Å². The predicted octanol–water partition coefficient (Wildman–Crippen LogP) is 1.72. The lowest BCUT2D eigenvalue weighted by Crippen LogP contribution is -2.01. The number of halogens is 2. The molecule has 0 spiro atoms. The quantitative estimate of drug-likeness (QED) is 0.695. The van der Waals surface area contributed by atoms with Gasteiger partial charge in [-0.25, -0.2) is 18.7 Å². The Morgan fingerprint density at radius 3 is 3.00 bits per heavy atom. The van der Waals surface area contributed by atoms with Crippen LogP contribution in [-0.2, 0) is 0 Å². The highest BCUT2D eigenvalue weighted by molar-refractivity contribution is 5.85. The minimum Gasteiger partial charge on any atom is -0.242 e. The minimum atomic E-state index is -0.927. The Hall–Kier alpha value is -2.37. The number of aromatic amines is 2. The van der Waals surface area contributed by atoms with Gasteiger partial charge in [-0.3, -0.25) is 0 Å². The number of nitrogens with one attached hydrogen (secondary N) is 2. The van der Waals surface area contributed by atoms with Crippen LogP contribution in [0.5, 0.6) is 0 Å². The first kappa shape index (κ1) is 9.83. The van der Waals surface area contributed by atoms with Gasteiger partial charge in [-0.1, -0.05) is 6.07 Å². The van der Waals surface area contributed by atoms with Gasteiger partial charge < -0.3 is 0 Å². The fraction of sp³-hybridized carbons (Fsp3) is 0. The van der Waals surface area contributed by atoms with Crippen LogP contribution in [0, 0.1) is 11.6 Å². The van der Waals surface area contributed by atoms with E-state index in [0.717, 1.165) is 6.07 Å². The molecule has 2 heterocycles. The first-order chi connectivity index (χ1) is 8.27. The molecule has 0 amide bonds. The smallest absolute Gasteiger partial charge is 0.240 e. The van der Waals surface area contributed by atoms with Gasteiger partial charge in [-0.05, 0) is 12.1 Å². The van der Waals surface area contributed by atoms with E-state index in [-0.39, 0.29) is 11.3 Å². The molecular weight excluding hydrogens is 226 g/mol. The molecule has 3 aromatic rings. The van der Waals surface area contributed by atoms with Crippen molar-refractivity contribution in [1.82, 2.24) is 15.2 Å². The average molecular weight is 233 g/mol. The van der Waals surface area contributed by atoms with E-state index in [1.54, 1.807) is 6.33 Å². The third kappa shape index (κ3) is 1.45. The Labute approximate surface area is 94.3 Å². The number of nitrogens with zero attached hydrogens (tertiary/aromatic N) is 2. The summed E-state index contributed by atoms with van der Waals surface area (Å²) in [5.74, 6) is -1.83. The molecule has 0 aliphatic carbocycles. The van der Waals surface area contributed by atoms with Crippen LogP contribution in [0.3, 0.4) is 0 Å². The van der Waals surface area contributed by atoms with Gasteiger partial charge in [0.2, 0.25) is 11.8 Å². The highest BCUT2D eigenvalue weighted by atomic mass is 19.2. The Bertz CT molecular complexity index is 693. The monoisotopic (exact) mass is 233 g/mol. The summed E-state index contributed by atoms with van der Waals surface area (Å²) in [6.45, 7) is 0. The second kappa shape index (κ2) is 3.58. The number of benzene rings is 1. The van der Waals surface area contributed by atoms with Crippen molar-refractivity contribution in [3.05, 3.63) is 42.4 Å². The van der Waals surface area contributed by atoms with Gasteiger partial charge in [-0.15, -0.1) is 5.10 Å². The molecule has 0 aliphatic heterocycles. The number of H-pyrrole nitrogens is 2. The fourth-order valence-corrected chi connectivity index (χ4v) is 1.70. The highest BCUT2D eigenvalue weighted by Crippen LogP contribution is 2.25. The van der Waals surface area contributed by atoms with Crippen molar-refractivity contribution in [3.8, 4) is 11.3 Å². The highest BCUT2D eigenvalue weighted by Gasteiger charge is 2.17. The Balaban J connectivity index is 2.34. The third-order valence-electron chi connectivity index (χ3n) is 2.50. The molecule has 17 heavy (non-hydrogen) atoms. The van der Waals surface area contributed by atoms with Crippen LogP contribution in [0.25, 0.3) is 22.3 Å². The molecule has 1 aromatic carbocycles. The number of imidazole rings is 1. The third-order valence-corrected chi connectivity index (χ3v) is 2.50. The summed E-state index contributed by atoms with van der Waals surface area (Å²) in [6, 6.07) is 3.96. The van der Waals surface area contributed by atoms with Gasteiger partial charge in [0.05, 0.1) is 0 Å². The van der Waals surface area contributed by atoms with Gasteiger partial charge in [0.1, 0.15) is 11.9 Å². The van der Waals surface area contributed by atoms with Crippen molar-refractivity contribution in [2.45, 2.75) is 0 Å². The molecule has 0 atom stereocenters. The molecule has 3 rings (SSSR count). The number of fused-ring (bicyclic) bond motifs is 1. The van der Waals surface area contributed by atoms with Crippen LogP contribution in [0.1, 0.15) is 0 Å².